The van der Waals surface area contributed by atoms with E-state index in [0.717, 1.165) is 11.3 Å². The van der Waals surface area contributed by atoms with E-state index in [4.69, 9.17) is 0 Å². The molecule has 1 spiro atoms. The van der Waals surface area contributed by atoms with Gasteiger partial charge in [0.15, 0.2) is 0 Å². The Morgan fingerprint density at radius 3 is 1.93 bits per heavy atom. The third-order valence-corrected chi connectivity index (χ3v) is 5.55. The molecule has 0 amide bonds. The van der Waals surface area contributed by atoms with Gasteiger partial charge in [0.25, 0.3) is 0 Å². The molecule has 2 aliphatic carbocycles. The highest BCUT2D eigenvalue weighted by Gasteiger charge is 2.83. The molecule has 0 aromatic carbocycles. The summed E-state index contributed by atoms with van der Waals surface area (Å²) < 4.78 is 0. The van der Waals surface area contributed by atoms with Gasteiger partial charge in [-0.3, -0.25) is 0 Å². The lowest BCUT2D eigenvalue weighted by atomic mass is 9.45. The van der Waals surface area contributed by atoms with Crippen LogP contribution in [0.3, 0.4) is 0 Å². The van der Waals surface area contributed by atoms with Crippen LogP contribution < -0.4 is 0 Å². The third kappa shape index (κ3) is 1.41. The SMILES string of the molecule is CC(C)C1(C)CC12CC2(C)BC(C)(C)C. The molecule has 3 atom stereocenters. The Hall–Kier alpha value is 0.0649. The standard InChI is InChI=1S/C14H27B/c1-10(2)12(6)8-14(12)9-13(14,7)15-11(3,4)5/h10,15H,8-9H2,1-7H3. The lowest BCUT2D eigenvalue weighted by Crippen LogP contribution is -2.18. The van der Waals surface area contributed by atoms with Crippen LogP contribution in [-0.4, -0.2) is 7.28 Å². The first-order valence-corrected chi connectivity index (χ1v) is 6.56. The largest absolute Gasteiger partial charge is 0.134 e. The van der Waals surface area contributed by atoms with E-state index in [-0.39, 0.29) is 0 Å². The summed E-state index contributed by atoms with van der Waals surface area (Å²) in [6.45, 7) is 17.0. The lowest BCUT2D eigenvalue weighted by Gasteiger charge is -2.24. The monoisotopic (exact) mass is 206 g/mol. The maximum Gasteiger partial charge on any atom is 0.134 e. The van der Waals surface area contributed by atoms with E-state index in [1.807, 2.05) is 0 Å². The van der Waals surface area contributed by atoms with Crippen molar-refractivity contribution in [3.63, 3.8) is 0 Å². The second kappa shape index (κ2) is 2.66. The van der Waals surface area contributed by atoms with Crippen molar-refractivity contribution in [1.82, 2.24) is 0 Å². The van der Waals surface area contributed by atoms with Gasteiger partial charge in [0.05, 0.1) is 0 Å². The van der Waals surface area contributed by atoms with Crippen molar-refractivity contribution in [1.29, 1.82) is 0 Å². The zero-order chi connectivity index (χ0) is 11.7. The summed E-state index contributed by atoms with van der Waals surface area (Å²) in [5.41, 5.74) is 1.40. The average Bonchev–Trinajstić information content (AvgIpc) is 2.70. The van der Waals surface area contributed by atoms with E-state index in [0.29, 0.717) is 16.0 Å². The van der Waals surface area contributed by atoms with Gasteiger partial charge in [-0.25, -0.2) is 0 Å². The summed E-state index contributed by atoms with van der Waals surface area (Å²) in [5.74, 6) is 0.860. The molecule has 86 valence electrons. The van der Waals surface area contributed by atoms with Crippen molar-refractivity contribution in [3.8, 4) is 0 Å². The summed E-state index contributed by atoms with van der Waals surface area (Å²) in [4.78, 5) is 0. The van der Waals surface area contributed by atoms with Crippen molar-refractivity contribution in [2.45, 2.75) is 71.9 Å². The minimum Gasteiger partial charge on any atom is -0.0671 e. The van der Waals surface area contributed by atoms with Crippen LogP contribution in [0.2, 0.25) is 10.6 Å². The van der Waals surface area contributed by atoms with Gasteiger partial charge in [0, 0.05) is 0 Å². The van der Waals surface area contributed by atoms with Gasteiger partial charge in [-0.15, -0.1) is 0 Å². The molecule has 1 heteroatoms. The number of hydrogen-bond donors (Lipinski definition) is 0. The molecule has 2 aliphatic rings. The Morgan fingerprint density at radius 2 is 1.60 bits per heavy atom. The highest BCUT2D eigenvalue weighted by molar-refractivity contribution is 6.46. The molecule has 0 aromatic rings. The minimum absolute atomic E-state index is 0.499. The first kappa shape index (κ1) is 11.5. The van der Waals surface area contributed by atoms with E-state index < -0.39 is 0 Å². The van der Waals surface area contributed by atoms with E-state index in [2.05, 4.69) is 48.5 Å². The molecule has 0 aromatic heterocycles. The zero-order valence-corrected chi connectivity index (χ0v) is 11.7. The van der Waals surface area contributed by atoms with Crippen LogP contribution in [0.5, 0.6) is 0 Å². The third-order valence-electron chi connectivity index (χ3n) is 5.55. The fourth-order valence-electron chi connectivity index (χ4n) is 4.53. The smallest absolute Gasteiger partial charge is 0.0671 e. The predicted molar refractivity (Wildman–Crippen MR) is 69.8 cm³/mol. The van der Waals surface area contributed by atoms with E-state index in [1.165, 1.54) is 20.1 Å². The van der Waals surface area contributed by atoms with E-state index in [9.17, 15) is 0 Å². The van der Waals surface area contributed by atoms with Crippen LogP contribution in [0, 0.1) is 16.7 Å². The topological polar surface area (TPSA) is 0 Å². The Labute approximate surface area is 96.5 Å². The number of rotatable bonds is 2. The Bertz CT molecular complexity index is 288. The van der Waals surface area contributed by atoms with Gasteiger partial charge < -0.3 is 0 Å². The van der Waals surface area contributed by atoms with Crippen molar-refractivity contribution in [2.75, 3.05) is 0 Å². The van der Waals surface area contributed by atoms with Crippen LogP contribution in [0.4, 0.5) is 0 Å². The van der Waals surface area contributed by atoms with Crippen LogP contribution in [0.1, 0.15) is 61.3 Å². The molecule has 15 heavy (non-hydrogen) atoms. The Morgan fingerprint density at radius 1 is 1.07 bits per heavy atom. The van der Waals surface area contributed by atoms with Gasteiger partial charge in [-0.2, -0.15) is 0 Å². The van der Waals surface area contributed by atoms with Crippen LogP contribution >= 0.6 is 0 Å². The van der Waals surface area contributed by atoms with Gasteiger partial charge in [-0.05, 0) is 34.9 Å². The van der Waals surface area contributed by atoms with Gasteiger partial charge in [-0.1, -0.05) is 53.8 Å². The van der Waals surface area contributed by atoms with Gasteiger partial charge in [0.2, 0.25) is 0 Å². The summed E-state index contributed by atoms with van der Waals surface area (Å²) in [5, 5.41) is 1.16. The molecule has 0 aliphatic heterocycles. The first-order chi connectivity index (χ1) is 6.56. The van der Waals surface area contributed by atoms with Gasteiger partial charge in [0.1, 0.15) is 7.28 Å². The normalized spacial score (nSPS) is 48.5. The molecule has 3 unspecified atom stereocenters. The van der Waals surface area contributed by atoms with Crippen LogP contribution in [0.25, 0.3) is 0 Å². The number of hydrogen-bond acceptors (Lipinski definition) is 0. The molecule has 2 rings (SSSR count). The second-order valence-electron chi connectivity index (χ2n) is 8.31. The fourth-order valence-corrected chi connectivity index (χ4v) is 4.53. The molecule has 0 nitrogen and oxygen atoms in total. The van der Waals surface area contributed by atoms with E-state index in [1.54, 1.807) is 0 Å². The molecule has 0 N–H and O–H groups in total. The minimum atomic E-state index is 0.499. The summed E-state index contributed by atoms with van der Waals surface area (Å²) in [6.07, 6.45) is 2.98. The molecule has 2 saturated carbocycles. The van der Waals surface area contributed by atoms with Crippen molar-refractivity contribution in [2.24, 2.45) is 16.7 Å². The molecule has 0 radical (unpaired) electrons. The zero-order valence-electron chi connectivity index (χ0n) is 11.7. The summed E-state index contributed by atoms with van der Waals surface area (Å²) in [7, 11) is 1.41. The Balaban J connectivity index is 2.08. The van der Waals surface area contributed by atoms with Crippen molar-refractivity contribution in [3.05, 3.63) is 0 Å². The Kier molecular flexibility index (Phi) is 2.04. The second-order valence-corrected chi connectivity index (χ2v) is 8.31. The van der Waals surface area contributed by atoms with Gasteiger partial charge >= 0.3 is 0 Å². The molecule has 0 saturated heterocycles. The van der Waals surface area contributed by atoms with Crippen LogP contribution in [-0.2, 0) is 0 Å². The molecular formula is C14H27B. The predicted octanol–water partition coefficient (Wildman–Crippen LogP) is 4.28. The van der Waals surface area contributed by atoms with Crippen LogP contribution in [0.15, 0.2) is 0 Å². The first-order valence-electron chi connectivity index (χ1n) is 6.56. The summed E-state index contributed by atoms with van der Waals surface area (Å²) in [6, 6.07) is 0. The molecule has 0 heterocycles. The lowest BCUT2D eigenvalue weighted by molar-refractivity contribution is 0.341. The highest BCUT2D eigenvalue weighted by Crippen LogP contribution is 2.93. The van der Waals surface area contributed by atoms with E-state index >= 15 is 0 Å². The molecule has 2 fully saturated rings. The quantitative estimate of drug-likeness (QED) is 0.591. The maximum absolute atomic E-state index is 2.53. The summed E-state index contributed by atoms with van der Waals surface area (Å²) >= 11 is 0. The molecular weight excluding hydrogens is 179 g/mol. The fraction of sp³-hybridized carbons (Fsp3) is 1.00. The molecule has 0 bridgehead atoms. The highest BCUT2D eigenvalue weighted by atomic mass is 14.8. The maximum atomic E-state index is 2.53. The average molecular weight is 206 g/mol. The van der Waals surface area contributed by atoms with Crippen molar-refractivity contribution >= 4 is 7.28 Å². The van der Waals surface area contributed by atoms with Crippen molar-refractivity contribution < 1.29 is 0 Å².